The van der Waals surface area contributed by atoms with Crippen LogP contribution in [0.3, 0.4) is 0 Å². The zero-order valence-electron chi connectivity index (χ0n) is 11.9. The first kappa shape index (κ1) is 14.6. The Morgan fingerprint density at radius 3 is 2.50 bits per heavy atom. The molecule has 110 valence electrons. The molecule has 1 saturated heterocycles. The van der Waals surface area contributed by atoms with E-state index in [1.807, 2.05) is 4.90 Å². The van der Waals surface area contributed by atoms with Crippen LogP contribution in [-0.4, -0.2) is 24.2 Å². The second-order valence-electron chi connectivity index (χ2n) is 5.76. The van der Waals surface area contributed by atoms with Gasteiger partial charge in [-0.2, -0.15) is 0 Å². The molecular formula is C15H21FN2O2. The first-order valence-electron chi connectivity index (χ1n) is 6.97. The molecule has 1 aromatic carbocycles. The highest BCUT2D eigenvalue weighted by Gasteiger charge is 2.24. The standard InChI is InChI=1S/C15H21FN2O2/c1-9(2)10-3-5-18(6-4-10)14-8-12(16)11(15(19)20)7-13(14)17/h7-10H,3-6,17H2,1-2H3,(H,19,20). The van der Waals surface area contributed by atoms with Crippen molar-refractivity contribution in [3.63, 3.8) is 0 Å². The Kier molecular flexibility index (Phi) is 4.16. The number of carboxylic acids is 1. The number of benzene rings is 1. The molecule has 1 aliphatic heterocycles. The number of nitrogens with two attached hydrogens (primary N) is 1. The van der Waals surface area contributed by atoms with Crippen LogP contribution in [0, 0.1) is 17.7 Å². The van der Waals surface area contributed by atoms with Crippen molar-refractivity contribution in [2.75, 3.05) is 23.7 Å². The van der Waals surface area contributed by atoms with Gasteiger partial charge in [0.2, 0.25) is 0 Å². The van der Waals surface area contributed by atoms with Crippen LogP contribution in [0.1, 0.15) is 37.0 Å². The van der Waals surface area contributed by atoms with Gasteiger partial charge in [-0.05, 0) is 30.7 Å². The van der Waals surface area contributed by atoms with Crippen molar-refractivity contribution >= 4 is 17.3 Å². The lowest BCUT2D eigenvalue weighted by molar-refractivity contribution is 0.0692. The third-order valence-corrected chi connectivity index (χ3v) is 4.17. The van der Waals surface area contributed by atoms with Crippen molar-refractivity contribution in [3.05, 3.63) is 23.5 Å². The fraction of sp³-hybridized carbons (Fsp3) is 0.533. The van der Waals surface area contributed by atoms with Gasteiger partial charge in [0.15, 0.2) is 0 Å². The molecule has 20 heavy (non-hydrogen) atoms. The van der Waals surface area contributed by atoms with Crippen molar-refractivity contribution in [2.24, 2.45) is 11.8 Å². The summed E-state index contributed by atoms with van der Waals surface area (Å²) in [5.41, 5.74) is 6.44. The van der Waals surface area contributed by atoms with Gasteiger partial charge in [0.05, 0.1) is 16.9 Å². The number of aromatic carboxylic acids is 1. The molecule has 0 unspecified atom stereocenters. The van der Waals surface area contributed by atoms with Gasteiger partial charge in [0.1, 0.15) is 5.82 Å². The van der Waals surface area contributed by atoms with E-state index >= 15 is 0 Å². The van der Waals surface area contributed by atoms with Gasteiger partial charge in [-0.1, -0.05) is 13.8 Å². The predicted octanol–water partition coefficient (Wildman–Crippen LogP) is 2.98. The normalized spacial score (nSPS) is 16.7. The summed E-state index contributed by atoms with van der Waals surface area (Å²) < 4.78 is 13.8. The molecule has 0 saturated carbocycles. The van der Waals surface area contributed by atoms with Gasteiger partial charge >= 0.3 is 5.97 Å². The molecule has 4 nitrogen and oxygen atoms in total. The summed E-state index contributed by atoms with van der Waals surface area (Å²) in [6.07, 6.45) is 2.11. The largest absolute Gasteiger partial charge is 0.478 e. The van der Waals surface area contributed by atoms with Crippen LogP contribution in [-0.2, 0) is 0 Å². The molecule has 1 fully saturated rings. The molecule has 2 rings (SSSR count). The fourth-order valence-electron chi connectivity index (χ4n) is 2.82. The van der Waals surface area contributed by atoms with Crippen molar-refractivity contribution in [3.8, 4) is 0 Å². The summed E-state index contributed by atoms with van der Waals surface area (Å²) in [6.45, 7) is 6.10. The number of carbonyl (C=O) groups is 1. The van der Waals surface area contributed by atoms with E-state index < -0.39 is 11.8 Å². The van der Waals surface area contributed by atoms with Crippen molar-refractivity contribution in [2.45, 2.75) is 26.7 Å². The molecule has 1 aromatic rings. The number of nitrogen functional groups attached to an aromatic ring is 1. The average molecular weight is 280 g/mol. The maximum Gasteiger partial charge on any atom is 0.338 e. The predicted molar refractivity (Wildman–Crippen MR) is 77.5 cm³/mol. The number of nitrogens with zero attached hydrogens (tertiary/aromatic N) is 1. The Balaban J connectivity index is 2.18. The lowest BCUT2D eigenvalue weighted by Crippen LogP contribution is -2.35. The van der Waals surface area contributed by atoms with E-state index in [9.17, 15) is 9.18 Å². The van der Waals surface area contributed by atoms with Crippen LogP contribution in [0.5, 0.6) is 0 Å². The molecule has 3 N–H and O–H groups in total. The summed E-state index contributed by atoms with van der Waals surface area (Å²) in [7, 11) is 0. The highest BCUT2D eigenvalue weighted by Crippen LogP contribution is 2.32. The van der Waals surface area contributed by atoms with E-state index in [1.54, 1.807) is 0 Å². The first-order chi connectivity index (χ1) is 9.40. The van der Waals surface area contributed by atoms with E-state index in [-0.39, 0.29) is 5.56 Å². The number of piperidine rings is 1. The monoisotopic (exact) mass is 280 g/mol. The Bertz CT molecular complexity index is 509. The Labute approximate surface area is 118 Å². The molecule has 0 aromatic heterocycles. The highest BCUT2D eigenvalue weighted by molar-refractivity contribution is 5.91. The van der Waals surface area contributed by atoms with E-state index in [1.165, 1.54) is 12.1 Å². The fourth-order valence-corrected chi connectivity index (χ4v) is 2.82. The van der Waals surface area contributed by atoms with E-state index in [2.05, 4.69) is 13.8 Å². The van der Waals surface area contributed by atoms with E-state index in [0.29, 0.717) is 23.2 Å². The van der Waals surface area contributed by atoms with E-state index in [0.717, 1.165) is 25.9 Å². The number of rotatable bonds is 3. The molecule has 0 aliphatic carbocycles. The number of anilines is 2. The lowest BCUT2D eigenvalue weighted by Gasteiger charge is -2.36. The SMILES string of the molecule is CC(C)C1CCN(c2cc(F)c(C(=O)O)cc2N)CC1. The molecule has 0 amide bonds. The maximum atomic E-state index is 13.8. The Morgan fingerprint density at radius 1 is 1.40 bits per heavy atom. The van der Waals surface area contributed by atoms with Crippen LogP contribution in [0.15, 0.2) is 12.1 Å². The minimum Gasteiger partial charge on any atom is -0.478 e. The zero-order chi connectivity index (χ0) is 14.9. The van der Waals surface area contributed by atoms with Crippen LogP contribution in [0.4, 0.5) is 15.8 Å². The molecule has 0 atom stereocenters. The maximum absolute atomic E-state index is 13.8. The second-order valence-corrected chi connectivity index (χ2v) is 5.76. The third-order valence-electron chi connectivity index (χ3n) is 4.17. The van der Waals surface area contributed by atoms with Crippen LogP contribution in [0.25, 0.3) is 0 Å². The average Bonchev–Trinajstić information content (AvgIpc) is 2.40. The van der Waals surface area contributed by atoms with Crippen molar-refractivity contribution < 1.29 is 14.3 Å². The van der Waals surface area contributed by atoms with Crippen LogP contribution in [0.2, 0.25) is 0 Å². The molecule has 5 heteroatoms. The van der Waals surface area contributed by atoms with Crippen molar-refractivity contribution in [1.82, 2.24) is 0 Å². The lowest BCUT2D eigenvalue weighted by atomic mass is 9.86. The summed E-state index contributed by atoms with van der Waals surface area (Å²) in [5.74, 6) is -0.678. The van der Waals surface area contributed by atoms with Gasteiger partial charge < -0.3 is 15.7 Å². The van der Waals surface area contributed by atoms with Gasteiger partial charge in [0.25, 0.3) is 0 Å². The zero-order valence-corrected chi connectivity index (χ0v) is 11.9. The van der Waals surface area contributed by atoms with Crippen molar-refractivity contribution in [1.29, 1.82) is 0 Å². The second kappa shape index (κ2) is 5.69. The van der Waals surface area contributed by atoms with Gasteiger partial charge in [-0.25, -0.2) is 9.18 Å². The Hall–Kier alpha value is -1.78. The highest BCUT2D eigenvalue weighted by atomic mass is 19.1. The summed E-state index contributed by atoms with van der Waals surface area (Å²) >= 11 is 0. The quantitative estimate of drug-likeness (QED) is 0.835. The molecule has 1 heterocycles. The number of hydrogen-bond acceptors (Lipinski definition) is 3. The van der Waals surface area contributed by atoms with Crippen LogP contribution < -0.4 is 10.6 Å². The van der Waals surface area contributed by atoms with Gasteiger partial charge in [-0.3, -0.25) is 0 Å². The summed E-state index contributed by atoms with van der Waals surface area (Å²) in [5, 5.41) is 8.88. The minimum absolute atomic E-state index is 0.326. The minimum atomic E-state index is -1.29. The summed E-state index contributed by atoms with van der Waals surface area (Å²) in [6, 6.07) is 2.45. The molecule has 0 spiro atoms. The first-order valence-corrected chi connectivity index (χ1v) is 6.97. The van der Waals surface area contributed by atoms with Crippen LogP contribution >= 0.6 is 0 Å². The molecular weight excluding hydrogens is 259 g/mol. The summed E-state index contributed by atoms with van der Waals surface area (Å²) in [4.78, 5) is 12.9. The third kappa shape index (κ3) is 2.86. The van der Waals surface area contributed by atoms with Gasteiger partial charge in [0, 0.05) is 19.2 Å². The van der Waals surface area contributed by atoms with Gasteiger partial charge in [-0.15, -0.1) is 0 Å². The molecule has 1 aliphatic rings. The molecule has 0 radical (unpaired) electrons. The number of halogens is 1. The Morgan fingerprint density at radius 2 is 2.00 bits per heavy atom. The topological polar surface area (TPSA) is 66.6 Å². The molecule has 0 bridgehead atoms. The number of carboxylic acid groups (broad SMARTS) is 1. The number of hydrogen-bond donors (Lipinski definition) is 2. The van der Waals surface area contributed by atoms with E-state index in [4.69, 9.17) is 10.8 Å². The smallest absolute Gasteiger partial charge is 0.338 e.